The molecule has 2 aromatic rings. The molecule has 0 unspecified atom stereocenters. The van der Waals surface area contributed by atoms with Crippen molar-refractivity contribution in [1.82, 2.24) is 5.06 Å². The summed E-state index contributed by atoms with van der Waals surface area (Å²) in [5.41, 5.74) is -1.36. The summed E-state index contributed by atoms with van der Waals surface area (Å²) in [7, 11) is 0. The van der Waals surface area contributed by atoms with Gasteiger partial charge in [-0.3, -0.25) is 0 Å². The van der Waals surface area contributed by atoms with Gasteiger partial charge in [-0.25, -0.2) is 9.59 Å². The van der Waals surface area contributed by atoms with Crippen LogP contribution in [0.4, 0.5) is 31.1 Å². The highest BCUT2D eigenvalue weighted by Crippen LogP contribution is 2.29. The molecule has 0 aliphatic heterocycles. The van der Waals surface area contributed by atoms with Crippen LogP contribution in [-0.2, 0) is 22.4 Å². The zero-order chi connectivity index (χ0) is 20.9. The lowest BCUT2D eigenvalue weighted by Crippen LogP contribution is -2.44. The monoisotopic (exact) mass is 407 g/mol. The van der Waals surface area contributed by atoms with E-state index in [2.05, 4.69) is 9.57 Å². The zero-order valence-electron chi connectivity index (χ0n) is 13.8. The lowest BCUT2D eigenvalue weighted by atomic mass is 10.1. The maximum absolute atomic E-state index is 13.0. The van der Waals surface area contributed by atoms with E-state index in [1.165, 1.54) is 12.1 Å². The molecule has 0 spiro atoms. The highest BCUT2D eigenvalue weighted by atomic mass is 19.4. The summed E-state index contributed by atoms with van der Waals surface area (Å²) in [6.07, 6.45) is -12.1. The molecular formula is C17H11F6NO4. The van der Waals surface area contributed by atoms with E-state index in [4.69, 9.17) is 0 Å². The molecule has 0 aliphatic carbocycles. The Balaban J connectivity index is 2.08. The molecule has 0 fully saturated rings. The molecule has 0 aromatic heterocycles. The van der Waals surface area contributed by atoms with Crippen molar-refractivity contribution in [3.63, 3.8) is 0 Å². The fourth-order valence-corrected chi connectivity index (χ4v) is 1.90. The van der Waals surface area contributed by atoms with E-state index in [1.807, 2.05) is 0 Å². The summed E-state index contributed by atoms with van der Waals surface area (Å²) in [4.78, 5) is 27.5. The highest BCUT2D eigenvalue weighted by Gasteiger charge is 2.46. The minimum Gasteiger partial charge on any atom is -0.442 e. The van der Waals surface area contributed by atoms with Crippen molar-refractivity contribution < 1.29 is 45.5 Å². The molecule has 28 heavy (non-hydrogen) atoms. The molecule has 5 nitrogen and oxygen atoms in total. The number of carbonyl (C=O) groups is 2. The molecule has 150 valence electrons. The van der Waals surface area contributed by atoms with Gasteiger partial charge in [0.1, 0.15) is 6.61 Å². The van der Waals surface area contributed by atoms with Crippen molar-refractivity contribution in [2.24, 2.45) is 0 Å². The van der Waals surface area contributed by atoms with E-state index < -0.39 is 47.3 Å². The Morgan fingerprint density at radius 3 is 1.93 bits per heavy atom. The Bertz CT molecular complexity index is 818. The Labute approximate surface area is 154 Å². The van der Waals surface area contributed by atoms with E-state index in [1.54, 1.807) is 18.2 Å². The summed E-state index contributed by atoms with van der Waals surface area (Å²) in [6.45, 7) is -0.524. The minimum absolute atomic E-state index is 0.382. The van der Waals surface area contributed by atoms with Crippen molar-refractivity contribution in [1.29, 1.82) is 0 Å². The lowest BCUT2D eigenvalue weighted by molar-refractivity contribution is -0.325. The van der Waals surface area contributed by atoms with Crippen LogP contribution in [0, 0.1) is 0 Å². The normalized spacial score (nSPS) is 11.6. The van der Waals surface area contributed by atoms with Gasteiger partial charge in [-0.1, -0.05) is 30.3 Å². The summed E-state index contributed by atoms with van der Waals surface area (Å²) in [6, 6.07) is 9.96. The van der Waals surface area contributed by atoms with Crippen LogP contribution in [-0.4, -0.2) is 23.4 Å². The molecule has 2 aromatic carbocycles. The molecule has 0 atom stereocenters. The van der Waals surface area contributed by atoms with Crippen LogP contribution in [0.25, 0.3) is 0 Å². The van der Waals surface area contributed by atoms with Gasteiger partial charge in [-0.05, 0) is 34.9 Å². The first kappa shape index (κ1) is 21.1. The third kappa shape index (κ3) is 5.63. The zero-order valence-corrected chi connectivity index (χ0v) is 13.8. The average Bonchev–Trinajstić information content (AvgIpc) is 2.63. The van der Waals surface area contributed by atoms with E-state index >= 15 is 0 Å². The van der Waals surface area contributed by atoms with E-state index in [0.717, 1.165) is 0 Å². The van der Waals surface area contributed by atoms with Crippen molar-refractivity contribution in [2.45, 2.75) is 19.1 Å². The first-order valence-electron chi connectivity index (χ1n) is 7.45. The van der Waals surface area contributed by atoms with Gasteiger partial charge in [0.15, 0.2) is 0 Å². The maximum atomic E-state index is 13.0. The summed E-state index contributed by atoms with van der Waals surface area (Å²) >= 11 is 0. The molecule has 0 saturated heterocycles. The van der Waals surface area contributed by atoms with Crippen LogP contribution >= 0.6 is 0 Å². The number of nitrogens with zero attached hydrogens (tertiary/aromatic N) is 1. The molecule has 0 radical (unpaired) electrons. The largest absolute Gasteiger partial charge is 0.523 e. The predicted octanol–water partition coefficient (Wildman–Crippen LogP) is 4.94. The number of alkyl halides is 6. The van der Waals surface area contributed by atoms with Crippen LogP contribution in [0.15, 0.2) is 54.6 Å². The van der Waals surface area contributed by atoms with Gasteiger partial charge in [-0.2, -0.15) is 13.2 Å². The third-order valence-electron chi connectivity index (χ3n) is 3.22. The third-order valence-corrected chi connectivity index (χ3v) is 3.22. The molecule has 0 bridgehead atoms. The number of rotatable bonds is 3. The minimum atomic E-state index is -5.44. The average molecular weight is 407 g/mol. The fraction of sp³-hybridized carbons (Fsp3) is 0.176. The van der Waals surface area contributed by atoms with Crippen LogP contribution in [0.2, 0.25) is 0 Å². The summed E-state index contributed by atoms with van der Waals surface area (Å²) < 4.78 is 80.9. The van der Waals surface area contributed by atoms with Crippen molar-refractivity contribution in [3.05, 3.63) is 71.3 Å². The first-order valence-corrected chi connectivity index (χ1v) is 7.45. The smallest absolute Gasteiger partial charge is 0.442 e. The number of amides is 1. The number of carbonyl (C=O) groups excluding carboxylic acids is 2. The summed E-state index contributed by atoms with van der Waals surface area (Å²) in [5, 5.41) is -1.24. The molecule has 11 heteroatoms. The Morgan fingerprint density at radius 1 is 0.857 bits per heavy atom. The number of hydrogen-bond acceptors (Lipinski definition) is 4. The standard InChI is InChI=1S/C17H11F6NO4/c18-16(19,20)13-8-6-12(7-9-13)14(25)28-24(17(21,22)23)15(26)27-10-11-4-2-1-3-5-11/h1-9H,10H2. The van der Waals surface area contributed by atoms with Crippen LogP contribution < -0.4 is 0 Å². The number of ether oxygens (including phenoxy) is 1. The lowest BCUT2D eigenvalue weighted by Gasteiger charge is -2.22. The van der Waals surface area contributed by atoms with Gasteiger partial charge in [0, 0.05) is 0 Å². The number of hydroxylamine groups is 2. The molecule has 0 heterocycles. The SMILES string of the molecule is O=C(ON(C(=O)OCc1ccccc1)C(F)(F)F)c1ccc(C(F)(F)F)cc1. The van der Waals surface area contributed by atoms with Gasteiger partial charge in [0.2, 0.25) is 0 Å². The molecular weight excluding hydrogens is 396 g/mol. The fourth-order valence-electron chi connectivity index (χ4n) is 1.90. The number of halogens is 6. The van der Waals surface area contributed by atoms with Crippen LogP contribution in [0.3, 0.4) is 0 Å². The Morgan fingerprint density at radius 2 is 1.43 bits per heavy atom. The first-order chi connectivity index (χ1) is 13.0. The van der Waals surface area contributed by atoms with E-state index in [0.29, 0.717) is 29.8 Å². The Hall–Kier alpha value is -3.24. The van der Waals surface area contributed by atoms with Gasteiger partial charge >= 0.3 is 24.5 Å². The topological polar surface area (TPSA) is 55.8 Å². The Kier molecular flexibility index (Phi) is 6.16. The van der Waals surface area contributed by atoms with Crippen molar-refractivity contribution in [2.75, 3.05) is 0 Å². The van der Waals surface area contributed by atoms with Gasteiger partial charge < -0.3 is 9.57 Å². The summed E-state index contributed by atoms with van der Waals surface area (Å²) in [5.74, 6) is -1.69. The number of hydrogen-bond donors (Lipinski definition) is 0. The maximum Gasteiger partial charge on any atom is 0.523 e. The number of benzene rings is 2. The predicted molar refractivity (Wildman–Crippen MR) is 81.4 cm³/mol. The van der Waals surface area contributed by atoms with Crippen LogP contribution in [0.1, 0.15) is 21.5 Å². The molecule has 1 amide bonds. The second kappa shape index (κ2) is 8.19. The molecule has 0 saturated carbocycles. The van der Waals surface area contributed by atoms with Gasteiger partial charge in [0.05, 0.1) is 11.1 Å². The quantitative estimate of drug-likeness (QED) is 0.411. The van der Waals surface area contributed by atoms with Gasteiger partial charge in [-0.15, -0.1) is 13.2 Å². The second-order valence-corrected chi connectivity index (χ2v) is 5.26. The van der Waals surface area contributed by atoms with E-state index in [-0.39, 0.29) is 0 Å². The van der Waals surface area contributed by atoms with Crippen molar-refractivity contribution in [3.8, 4) is 0 Å². The van der Waals surface area contributed by atoms with Crippen molar-refractivity contribution >= 4 is 12.1 Å². The van der Waals surface area contributed by atoms with Gasteiger partial charge in [0.25, 0.3) is 0 Å². The molecule has 0 N–H and O–H groups in total. The van der Waals surface area contributed by atoms with E-state index in [9.17, 15) is 35.9 Å². The molecule has 0 aliphatic rings. The molecule has 2 rings (SSSR count). The highest BCUT2D eigenvalue weighted by molar-refractivity contribution is 5.90. The van der Waals surface area contributed by atoms with Crippen LogP contribution in [0.5, 0.6) is 0 Å². The second-order valence-electron chi connectivity index (χ2n) is 5.26.